The first-order valence-electron chi connectivity index (χ1n) is 8.16. The fraction of sp³-hybridized carbons (Fsp3) is 0.529. The second kappa shape index (κ2) is 10.1. The smallest absolute Gasteiger partial charge is 0.241 e. The average molecular weight is 385 g/mol. The van der Waals surface area contributed by atoms with Gasteiger partial charge in [0.1, 0.15) is 0 Å². The molecule has 146 valence electrons. The maximum absolute atomic E-state index is 11.7. The average Bonchev–Trinajstić information content (AvgIpc) is 2.55. The number of hydrogen-bond donors (Lipinski definition) is 2. The number of aliphatic imine (C=N–C) groups is 1. The molecular formula is C17H28N4O4S. The van der Waals surface area contributed by atoms with E-state index in [1.165, 1.54) is 11.2 Å². The highest BCUT2D eigenvalue weighted by Gasteiger charge is 2.11. The Morgan fingerprint density at radius 1 is 1.27 bits per heavy atom. The van der Waals surface area contributed by atoms with Crippen LogP contribution in [0.25, 0.3) is 0 Å². The number of carbonyl (C=O) groups excluding carboxylic acids is 1. The highest BCUT2D eigenvalue weighted by Crippen LogP contribution is 2.17. The first-order chi connectivity index (χ1) is 12.1. The number of hydrogen-bond acceptors (Lipinski definition) is 5. The lowest BCUT2D eigenvalue weighted by Crippen LogP contribution is -2.43. The molecule has 0 saturated heterocycles. The summed E-state index contributed by atoms with van der Waals surface area (Å²) in [5, 5.41) is 6.06. The van der Waals surface area contributed by atoms with Crippen molar-refractivity contribution in [2.75, 3.05) is 47.2 Å². The molecule has 0 aliphatic carbocycles. The van der Waals surface area contributed by atoms with Crippen LogP contribution in [0, 0.1) is 6.92 Å². The van der Waals surface area contributed by atoms with E-state index >= 15 is 0 Å². The molecule has 0 aliphatic heterocycles. The largest absolute Gasteiger partial charge is 0.383 e. The van der Waals surface area contributed by atoms with Crippen molar-refractivity contribution in [1.29, 1.82) is 0 Å². The van der Waals surface area contributed by atoms with Crippen LogP contribution in [-0.2, 0) is 25.9 Å². The van der Waals surface area contributed by atoms with Crippen molar-refractivity contribution in [2.45, 2.75) is 18.4 Å². The number of aryl methyl sites for hydroxylation is 1. The van der Waals surface area contributed by atoms with Crippen molar-refractivity contribution >= 4 is 21.7 Å². The van der Waals surface area contributed by atoms with Gasteiger partial charge < -0.3 is 20.3 Å². The van der Waals surface area contributed by atoms with Gasteiger partial charge in [-0.15, -0.1) is 0 Å². The zero-order valence-corrected chi connectivity index (χ0v) is 16.8. The summed E-state index contributed by atoms with van der Waals surface area (Å²) in [6.07, 6.45) is 1.19. The summed E-state index contributed by atoms with van der Waals surface area (Å²) in [4.78, 5) is 18.0. The Labute approximate surface area is 155 Å². The van der Waals surface area contributed by atoms with E-state index < -0.39 is 9.84 Å². The Kier molecular flexibility index (Phi) is 8.53. The zero-order valence-electron chi connectivity index (χ0n) is 16.0. The Balaban J connectivity index is 2.84. The zero-order chi connectivity index (χ0) is 19.7. The van der Waals surface area contributed by atoms with Crippen molar-refractivity contribution in [1.82, 2.24) is 15.5 Å². The Morgan fingerprint density at radius 3 is 2.50 bits per heavy atom. The third kappa shape index (κ3) is 7.40. The molecule has 0 radical (unpaired) electrons. The standard InChI is InChI=1S/C17H28N4O4S/c1-13-10-14(6-7-15(13)26(5,23)24)11-19-17(18-8-9-25-4)20-12-16(22)21(2)3/h6-7,10H,8-9,11-12H2,1-5H3,(H2,18,19,20). The van der Waals surface area contributed by atoms with Crippen molar-refractivity contribution in [3.63, 3.8) is 0 Å². The molecule has 0 aliphatic rings. The summed E-state index contributed by atoms with van der Waals surface area (Å²) in [5.74, 6) is 0.418. The minimum atomic E-state index is -3.24. The van der Waals surface area contributed by atoms with Crippen molar-refractivity contribution < 1.29 is 17.9 Å². The van der Waals surface area contributed by atoms with Crippen LogP contribution in [0.2, 0.25) is 0 Å². The van der Waals surface area contributed by atoms with E-state index in [4.69, 9.17) is 4.74 Å². The number of sulfone groups is 1. The molecule has 1 amide bonds. The fourth-order valence-corrected chi connectivity index (χ4v) is 3.12. The predicted molar refractivity (Wildman–Crippen MR) is 102 cm³/mol. The first kappa shape index (κ1) is 21.9. The van der Waals surface area contributed by atoms with E-state index in [-0.39, 0.29) is 12.5 Å². The SMILES string of the molecule is COCCNC(=NCc1ccc(S(C)(=O)=O)c(C)c1)NCC(=O)N(C)C. The van der Waals surface area contributed by atoms with Gasteiger partial charge in [-0.05, 0) is 24.1 Å². The van der Waals surface area contributed by atoms with E-state index in [1.807, 2.05) is 0 Å². The number of carbonyl (C=O) groups is 1. The molecular weight excluding hydrogens is 356 g/mol. The van der Waals surface area contributed by atoms with Crippen molar-refractivity contribution in [3.05, 3.63) is 29.3 Å². The molecule has 0 atom stereocenters. The lowest BCUT2D eigenvalue weighted by Gasteiger charge is -2.15. The number of amides is 1. The summed E-state index contributed by atoms with van der Waals surface area (Å²) in [6.45, 7) is 3.28. The van der Waals surface area contributed by atoms with E-state index in [2.05, 4.69) is 15.6 Å². The van der Waals surface area contributed by atoms with Crippen LogP contribution in [0.1, 0.15) is 11.1 Å². The molecule has 26 heavy (non-hydrogen) atoms. The number of likely N-dealkylation sites (N-methyl/N-ethyl adjacent to an activating group) is 1. The Morgan fingerprint density at radius 2 is 1.96 bits per heavy atom. The van der Waals surface area contributed by atoms with Gasteiger partial charge in [0.15, 0.2) is 15.8 Å². The monoisotopic (exact) mass is 384 g/mol. The summed E-state index contributed by atoms with van der Waals surface area (Å²) in [5.41, 5.74) is 1.56. The van der Waals surface area contributed by atoms with Gasteiger partial charge >= 0.3 is 0 Å². The number of rotatable bonds is 8. The summed E-state index contributed by atoms with van der Waals surface area (Å²) in [6, 6.07) is 5.14. The summed E-state index contributed by atoms with van der Waals surface area (Å²) >= 11 is 0. The molecule has 0 bridgehead atoms. The lowest BCUT2D eigenvalue weighted by atomic mass is 10.1. The molecule has 1 aromatic rings. The van der Waals surface area contributed by atoms with Crippen molar-refractivity contribution in [3.8, 4) is 0 Å². The van der Waals surface area contributed by atoms with E-state index in [0.29, 0.717) is 36.1 Å². The van der Waals surface area contributed by atoms with Gasteiger partial charge in [0.2, 0.25) is 5.91 Å². The fourth-order valence-electron chi connectivity index (χ4n) is 2.16. The van der Waals surface area contributed by atoms with Gasteiger partial charge in [-0.1, -0.05) is 12.1 Å². The number of ether oxygens (including phenoxy) is 1. The third-order valence-corrected chi connectivity index (χ3v) is 4.82. The number of methoxy groups -OCH3 is 1. The quantitative estimate of drug-likeness (QED) is 0.376. The molecule has 0 unspecified atom stereocenters. The molecule has 9 heteroatoms. The molecule has 0 heterocycles. The molecule has 0 saturated carbocycles. The molecule has 1 rings (SSSR count). The third-order valence-electron chi connectivity index (χ3n) is 3.56. The molecule has 1 aromatic carbocycles. The minimum absolute atomic E-state index is 0.0698. The molecule has 0 spiro atoms. The van der Waals surface area contributed by atoms with Crippen LogP contribution in [-0.4, -0.2) is 72.3 Å². The Bertz CT molecular complexity index is 745. The van der Waals surface area contributed by atoms with Crippen LogP contribution < -0.4 is 10.6 Å². The van der Waals surface area contributed by atoms with Crippen molar-refractivity contribution in [2.24, 2.45) is 4.99 Å². The highest BCUT2D eigenvalue weighted by molar-refractivity contribution is 7.90. The van der Waals surface area contributed by atoms with Crippen LogP contribution in [0.3, 0.4) is 0 Å². The normalized spacial score (nSPS) is 12.0. The van der Waals surface area contributed by atoms with E-state index in [9.17, 15) is 13.2 Å². The maximum atomic E-state index is 11.7. The number of nitrogens with one attached hydrogen (secondary N) is 2. The topological polar surface area (TPSA) is 100 Å². The van der Waals surface area contributed by atoms with E-state index in [0.717, 1.165) is 5.56 Å². The lowest BCUT2D eigenvalue weighted by molar-refractivity contribution is -0.127. The number of benzene rings is 1. The van der Waals surface area contributed by atoms with Crippen LogP contribution in [0.4, 0.5) is 0 Å². The number of nitrogens with zero attached hydrogens (tertiary/aromatic N) is 2. The second-order valence-electron chi connectivity index (χ2n) is 6.10. The summed E-state index contributed by atoms with van der Waals surface area (Å²) < 4.78 is 28.4. The molecule has 2 N–H and O–H groups in total. The molecule has 8 nitrogen and oxygen atoms in total. The number of guanidine groups is 1. The van der Waals surface area contributed by atoms with Gasteiger partial charge in [-0.3, -0.25) is 4.79 Å². The second-order valence-corrected chi connectivity index (χ2v) is 8.08. The van der Waals surface area contributed by atoms with Crippen LogP contribution >= 0.6 is 0 Å². The summed E-state index contributed by atoms with van der Waals surface area (Å²) in [7, 11) is 1.74. The van der Waals surface area contributed by atoms with Gasteiger partial charge in [0.25, 0.3) is 0 Å². The Hall–Kier alpha value is -2.13. The molecule has 0 aromatic heterocycles. The van der Waals surface area contributed by atoms with Crippen LogP contribution in [0.5, 0.6) is 0 Å². The first-order valence-corrected chi connectivity index (χ1v) is 10.0. The van der Waals surface area contributed by atoms with Crippen LogP contribution in [0.15, 0.2) is 28.1 Å². The maximum Gasteiger partial charge on any atom is 0.241 e. The van der Waals surface area contributed by atoms with Gasteiger partial charge in [0.05, 0.1) is 24.6 Å². The minimum Gasteiger partial charge on any atom is -0.383 e. The van der Waals surface area contributed by atoms with E-state index in [1.54, 1.807) is 46.3 Å². The highest BCUT2D eigenvalue weighted by atomic mass is 32.2. The van der Waals surface area contributed by atoms with Gasteiger partial charge in [-0.2, -0.15) is 0 Å². The van der Waals surface area contributed by atoms with Gasteiger partial charge in [-0.25, -0.2) is 13.4 Å². The molecule has 0 fully saturated rings. The van der Waals surface area contributed by atoms with Gasteiger partial charge in [0, 0.05) is 34.0 Å². The predicted octanol–water partition coefficient (Wildman–Crippen LogP) is 0.168.